The van der Waals surface area contributed by atoms with Crippen molar-refractivity contribution in [1.82, 2.24) is 24.1 Å². The van der Waals surface area contributed by atoms with E-state index in [9.17, 15) is 9.59 Å². The lowest BCUT2D eigenvalue weighted by atomic mass is 10.4. The van der Waals surface area contributed by atoms with Crippen LogP contribution in [0.2, 0.25) is 0 Å². The van der Waals surface area contributed by atoms with E-state index in [-0.39, 0.29) is 18.1 Å². The first-order chi connectivity index (χ1) is 10.5. The third-order valence-electron chi connectivity index (χ3n) is 3.26. The topological polar surface area (TPSA) is 72.5 Å². The number of rotatable bonds is 4. The lowest BCUT2D eigenvalue weighted by Crippen LogP contribution is -2.34. The van der Waals surface area contributed by atoms with Crippen LogP contribution < -0.4 is 5.69 Å². The van der Waals surface area contributed by atoms with Gasteiger partial charge in [0.15, 0.2) is 5.65 Å². The molecule has 3 rings (SSSR count). The quantitative estimate of drug-likeness (QED) is 0.717. The second kappa shape index (κ2) is 5.72. The van der Waals surface area contributed by atoms with Gasteiger partial charge in [-0.15, -0.1) is 16.4 Å². The van der Waals surface area contributed by atoms with E-state index < -0.39 is 0 Å². The standard InChI is InChI=1S/C14H15N5O2S/c1-10-15-11(9-22-10)7-17(2)13(20)8-19-14(21)18-6-4-3-5-12(18)16-19/h3-6,9H,7-8H2,1-2H3. The summed E-state index contributed by atoms with van der Waals surface area (Å²) in [4.78, 5) is 30.3. The zero-order valence-electron chi connectivity index (χ0n) is 12.3. The Labute approximate surface area is 130 Å². The van der Waals surface area contributed by atoms with Gasteiger partial charge in [0.2, 0.25) is 5.91 Å². The molecule has 8 heteroatoms. The number of hydrogen-bond donors (Lipinski definition) is 0. The maximum atomic E-state index is 12.2. The van der Waals surface area contributed by atoms with Gasteiger partial charge in [-0.3, -0.25) is 9.20 Å². The highest BCUT2D eigenvalue weighted by molar-refractivity contribution is 7.09. The number of thiazole rings is 1. The fourth-order valence-corrected chi connectivity index (χ4v) is 2.74. The predicted molar refractivity (Wildman–Crippen MR) is 82.8 cm³/mol. The first-order valence-electron chi connectivity index (χ1n) is 6.74. The molecular formula is C14H15N5O2S. The van der Waals surface area contributed by atoms with Gasteiger partial charge in [-0.1, -0.05) is 6.07 Å². The smallest absolute Gasteiger partial charge is 0.338 e. The Morgan fingerprint density at radius 3 is 2.91 bits per heavy atom. The number of pyridine rings is 1. The van der Waals surface area contributed by atoms with Crippen LogP contribution in [0, 0.1) is 6.92 Å². The average molecular weight is 317 g/mol. The van der Waals surface area contributed by atoms with Crippen molar-refractivity contribution in [3.8, 4) is 0 Å². The van der Waals surface area contributed by atoms with Gasteiger partial charge in [0.25, 0.3) is 0 Å². The third-order valence-corrected chi connectivity index (χ3v) is 4.09. The molecule has 114 valence electrons. The normalized spacial score (nSPS) is 11.0. The number of amides is 1. The number of likely N-dealkylation sites (N-methyl/N-ethyl adjacent to an activating group) is 1. The van der Waals surface area contributed by atoms with Gasteiger partial charge in [-0.25, -0.2) is 14.5 Å². The molecule has 0 saturated heterocycles. The maximum Gasteiger partial charge on any atom is 0.350 e. The van der Waals surface area contributed by atoms with E-state index in [1.54, 1.807) is 47.7 Å². The summed E-state index contributed by atoms with van der Waals surface area (Å²) in [5.41, 5.74) is 1.06. The maximum absolute atomic E-state index is 12.2. The van der Waals surface area contributed by atoms with Gasteiger partial charge in [-0.05, 0) is 19.1 Å². The Morgan fingerprint density at radius 2 is 2.23 bits per heavy atom. The summed E-state index contributed by atoms with van der Waals surface area (Å²) in [6.45, 7) is 2.26. The van der Waals surface area contributed by atoms with Gasteiger partial charge >= 0.3 is 5.69 Å². The van der Waals surface area contributed by atoms with Crippen LogP contribution in [0.5, 0.6) is 0 Å². The molecule has 0 saturated carbocycles. The average Bonchev–Trinajstić information content (AvgIpc) is 3.04. The molecule has 0 atom stereocenters. The van der Waals surface area contributed by atoms with E-state index in [1.807, 2.05) is 12.3 Å². The van der Waals surface area contributed by atoms with Crippen molar-refractivity contribution in [1.29, 1.82) is 0 Å². The predicted octanol–water partition coefficient (Wildman–Crippen LogP) is 0.920. The number of aromatic nitrogens is 4. The zero-order chi connectivity index (χ0) is 15.7. The highest BCUT2D eigenvalue weighted by Gasteiger charge is 2.15. The molecule has 0 unspecified atom stereocenters. The molecule has 0 aliphatic heterocycles. The summed E-state index contributed by atoms with van der Waals surface area (Å²) in [5, 5.41) is 7.04. The van der Waals surface area contributed by atoms with Crippen LogP contribution in [0.1, 0.15) is 10.7 Å². The van der Waals surface area contributed by atoms with E-state index in [1.165, 1.54) is 9.08 Å². The summed E-state index contributed by atoms with van der Waals surface area (Å²) in [7, 11) is 1.69. The lowest BCUT2D eigenvalue weighted by Gasteiger charge is -2.15. The second-order valence-corrected chi connectivity index (χ2v) is 6.04. The summed E-state index contributed by atoms with van der Waals surface area (Å²) >= 11 is 1.55. The molecule has 0 aliphatic rings. The molecule has 0 bridgehead atoms. The Bertz CT molecular complexity index is 879. The first-order valence-corrected chi connectivity index (χ1v) is 7.62. The van der Waals surface area contributed by atoms with E-state index in [0.29, 0.717) is 12.2 Å². The Balaban J connectivity index is 1.75. The summed E-state index contributed by atoms with van der Waals surface area (Å²) in [5.74, 6) is -0.184. The molecule has 0 N–H and O–H groups in total. The number of carbonyl (C=O) groups is 1. The fourth-order valence-electron chi connectivity index (χ4n) is 2.13. The van der Waals surface area contributed by atoms with E-state index in [4.69, 9.17) is 0 Å². The summed E-state index contributed by atoms with van der Waals surface area (Å²) < 4.78 is 2.59. The van der Waals surface area contributed by atoms with Crippen LogP contribution in [0.25, 0.3) is 5.65 Å². The summed E-state index contributed by atoms with van der Waals surface area (Å²) in [6, 6.07) is 5.27. The van der Waals surface area contributed by atoms with Crippen molar-refractivity contribution >= 4 is 22.9 Å². The zero-order valence-corrected chi connectivity index (χ0v) is 13.1. The van der Waals surface area contributed by atoms with Crippen LogP contribution in [-0.2, 0) is 17.9 Å². The van der Waals surface area contributed by atoms with Crippen molar-refractivity contribution in [3.05, 3.63) is 51.0 Å². The van der Waals surface area contributed by atoms with Crippen molar-refractivity contribution in [2.75, 3.05) is 7.05 Å². The van der Waals surface area contributed by atoms with Crippen molar-refractivity contribution in [2.45, 2.75) is 20.0 Å². The molecule has 3 aromatic rings. The summed E-state index contributed by atoms with van der Waals surface area (Å²) in [6.07, 6.45) is 1.63. The van der Waals surface area contributed by atoms with E-state index in [2.05, 4.69) is 10.1 Å². The molecule has 1 amide bonds. The highest BCUT2D eigenvalue weighted by atomic mass is 32.1. The van der Waals surface area contributed by atoms with Crippen LogP contribution in [0.3, 0.4) is 0 Å². The largest absolute Gasteiger partial charge is 0.350 e. The number of fused-ring (bicyclic) bond motifs is 1. The Morgan fingerprint density at radius 1 is 1.41 bits per heavy atom. The Hall–Kier alpha value is -2.48. The Kier molecular flexibility index (Phi) is 3.76. The minimum Gasteiger partial charge on any atom is -0.338 e. The lowest BCUT2D eigenvalue weighted by molar-refractivity contribution is -0.131. The fraction of sp³-hybridized carbons (Fsp3) is 0.286. The second-order valence-electron chi connectivity index (χ2n) is 4.98. The molecule has 22 heavy (non-hydrogen) atoms. The van der Waals surface area contributed by atoms with Gasteiger partial charge in [-0.2, -0.15) is 0 Å². The molecule has 0 radical (unpaired) electrons. The van der Waals surface area contributed by atoms with Gasteiger partial charge in [0.05, 0.1) is 17.2 Å². The number of nitrogens with zero attached hydrogens (tertiary/aromatic N) is 5. The molecule has 0 aromatic carbocycles. The molecule has 7 nitrogen and oxygen atoms in total. The molecule has 3 heterocycles. The van der Waals surface area contributed by atoms with Crippen LogP contribution in [0.4, 0.5) is 0 Å². The number of hydrogen-bond acceptors (Lipinski definition) is 5. The van der Waals surface area contributed by atoms with Gasteiger partial charge in [0, 0.05) is 18.6 Å². The first kappa shape index (κ1) is 14.5. The minimum absolute atomic E-state index is 0.0832. The van der Waals surface area contributed by atoms with E-state index in [0.717, 1.165) is 10.7 Å². The van der Waals surface area contributed by atoms with Gasteiger partial charge in [0.1, 0.15) is 6.54 Å². The van der Waals surface area contributed by atoms with Crippen LogP contribution in [-0.4, -0.2) is 37.0 Å². The molecule has 0 spiro atoms. The highest BCUT2D eigenvalue weighted by Crippen LogP contribution is 2.09. The van der Waals surface area contributed by atoms with E-state index >= 15 is 0 Å². The molecule has 3 aromatic heterocycles. The van der Waals surface area contributed by atoms with Gasteiger partial charge < -0.3 is 4.90 Å². The van der Waals surface area contributed by atoms with Crippen LogP contribution in [0.15, 0.2) is 34.6 Å². The molecule has 0 fully saturated rings. The number of aryl methyl sites for hydroxylation is 1. The number of carbonyl (C=O) groups excluding carboxylic acids is 1. The minimum atomic E-state index is -0.318. The third kappa shape index (κ3) is 2.77. The van der Waals surface area contributed by atoms with Crippen molar-refractivity contribution in [2.24, 2.45) is 0 Å². The monoisotopic (exact) mass is 317 g/mol. The SMILES string of the molecule is Cc1nc(CN(C)C(=O)Cn2nc3ccccn3c2=O)cs1. The van der Waals surface area contributed by atoms with Crippen LogP contribution >= 0.6 is 11.3 Å². The molecule has 0 aliphatic carbocycles. The van der Waals surface area contributed by atoms with Crippen molar-refractivity contribution < 1.29 is 4.79 Å². The molecular weight excluding hydrogens is 302 g/mol. The van der Waals surface area contributed by atoms with Crippen molar-refractivity contribution in [3.63, 3.8) is 0 Å².